The zero-order valence-electron chi connectivity index (χ0n) is 13.5. The number of nitrogens with zero attached hydrogens (tertiary/aromatic N) is 1. The number of rotatable bonds is 3. The van der Waals surface area contributed by atoms with Crippen LogP contribution >= 0.6 is 15.9 Å². The Morgan fingerprint density at radius 1 is 1.12 bits per heavy atom. The molecule has 0 saturated carbocycles. The smallest absolute Gasteiger partial charge is 0.244 e. The molecule has 122 valence electrons. The molecule has 0 saturated heterocycles. The van der Waals surface area contributed by atoms with Crippen LogP contribution in [0.25, 0.3) is 10.9 Å². The molecule has 0 aliphatic heterocycles. The van der Waals surface area contributed by atoms with E-state index >= 15 is 0 Å². The summed E-state index contributed by atoms with van der Waals surface area (Å²) in [7, 11) is 0. The summed E-state index contributed by atoms with van der Waals surface area (Å²) in [5.41, 5.74) is 3.60. The Morgan fingerprint density at radius 3 is 2.71 bits per heavy atom. The van der Waals surface area contributed by atoms with E-state index in [0.29, 0.717) is 5.39 Å². The van der Waals surface area contributed by atoms with Crippen molar-refractivity contribution in [2.75, 3.05) is 5.32 Å². The van der Waals surface area contributed by atoms with Crippen molar-refractivity contribution in [1.29, 1.82) is 0 Å². The highest BCUT2D eigenvalue weighted by molar-refractivity contribution is 9.10. The summed E-state index contributed by atoms with van der Waals surface area (Å²) in [6.45, 7) is 4.09. The Balaban J connectivity index is 1.90. The fourth-order valence-corrected chi connectivity index (χ4v) is 3.00. The largest absolute Gasteiger partial charge is 0.338 e. The molecule has 0 spiro atoms. The molecular weight excluding hydrogens is 368 g/mol. The Labute approximate surface area is 148 Å². The fourth-order valence-electron chi connectivity index (χ4n) is 2.64. The monoisotopic (exact) mass is 384 g/mol. The third-order valence-electron chi connectivity index (χ3n) is 3.92. The van der Waals surface area contributed by atoms with Crippen molar-refractivity contribution in [2.24, 2.45) is 0 Å². The lowest BCUT2D eigenvalue weighted by molar-refractivity contribution is -0.116. The number of aromatic nitrogens is 1. The number of nitrogens with one attached hydrogen (secondary N) is 1. The molecule has 0 radical (unpaired) electrons. The van der Waals surface area contributed by atoms with Crippen LogP contribution in [0.3, 0.4) is 0 Å². The molecule has 0 unspecified atom stereocenters. The molecule has 4 nitrogen and oxygen atoms in total. The number of hydrogen-bond donors (Lipinski definition) is 1. The highest BCUT2D eigenvalue weighted by Crippen LogP contribution is 2.18. The first-order valence-electron chi connectivity index (χ1n) is 7.60. The van der Waals surface area contributed by atoms with Crippen LogP contribution in [0.4, 0.5) is 5.69 Å². The highest BCUT2D eigenvalue weighted by Gasteiger charge is 2.09. The number of pyridine rings is 1. The van der Waals surface area contributed by atoms with Gasteiger partial charge in [-0.3, -0.25) is 9.59 Å². The first-order chi connectivity index (χ1) is 11.4. The van der Waals surface area contributed by atoms with Gasteiger partial charge in [-0.1, -0.05) is 28.1 Å². The summed E-state index contributed by atoms with van der Waals surface area (Å²) in [5.74, 6) is -0.128. The van der Waals surface area contributed by atoms with Crippen LogP contribution in [-0.4, -0.2) is 10.5 Å². The van der Waals surface area contributed by atoms with Crippen molar-refractivity contribution >= 4 is 38.4 Å². The van der Waals surface area contributed by atoms with Crippen molar-refractivity contribution in [2.45, 2.75) is 20.4 Å². The summed E-state index contributed by atoms with van der Waals surface area (Å²) in [6, 6.07) is 12.9. The molecular formula is C19H17BrN2O2. The van der Waals surface area contributed by atoms with Crippen LogP contribution in [0, 0.1) is 13.8 Å². The standard InChI is InChI=1S/C19H17BrN2O2/c1-12-3-4-13(2)16(9-12)21-19(24)11-22-8-7-18(23)15-10-14(20)5-6-17(15)22/h3-10H,11H2,1-2H3,(H,21,24). The number of carbonyl (C=O) groups is 1. The zero-order chi connectivity index (χ0) is 17.3. The molecule has 3 aromatic rings. The average Bonchev–Trinajstić information content (AvgIpc) is 2.54. The predicted molar refractivity (Wildman–Crippen MR) is 100 cm³/mol. The summed E-state index contributed by atoms with van der Waals surface area (Å²) in [4.78, 5) is 24.4. The minimum Gasteiger partial charge on any atom is -0.338 e. The molecule has 0 aliphatic carbocycles. The van der Waals surface area contributed by atoms with E-state index in [1.54, 1.807) is 16.8 Å². The van der Waals surface area contributed by atoms with Crippen molar-refractivity contribution in [3.05, 3.63) is 74.5 Å². The van der Waals surface area contributed by atoms with E-state index in [2.05, 4.69) is 21.2 Å². The van der Waals surface area contributed by atoms with Crippen LogP contribution in [0.1, 0.15) is 11.1 Å². The van der Waals surface area contributed by atoms with Crippen LogP contribution in [-0.2, 0) is 11.3 Å². The van der Waals surface area contributed by atoms with E-state index in [9.17, 15) is 9.59 Å². The first-order valence-corrected chi connectivity index (χ1v) is 8.39. The Morgan fingerprint density at radius 2 is 1.92 bits per heavy atom. The van der Waals surface area contributed by atoms with Crippen molar-refractivity contribution in [1.82, 2.24) is 4.57 Å². The van der Waals surface area contributed by atoms with Gasteiger partial charge >= 0.3 is 0 Å². The lowest BCUT2D eigenvalue weighted by atomic mass is 10.1. The minimum absolute atomic E-state index is 0.0579. The number of halogens is 1. The van der Waals surface area contributed by atoms with Gasteiger partial charge in [0, 0.05) is 27.8 Å². The predicted octanol–water partition coefficient (Wildman–Crippen LogP) is 4.02. The minimum atomic E-state index is -0.128. The molecule has 5 heteroatoms. The van der Waals surface area contributed by atoms with Gasteiger partial charge in [0.25, 0.3) is 0 Å². The second-order valence-electron chi connectivity index (χ2n) is 5.84. The molecule has 1 amide bonds. The molecule has 24 heavy (non-hydrogen) atoms. The van der Waals surface area contributed by atoms with Crippen molar-refractivity contribution in [3.8, 4) is 0 Å². The van der Waals surface area contributed by atoms with Gasteiger partial charge in [-0.25, -0.2) is 0 Å². The molecule has 0 fully saturated rings. The highest BCUT2D eigenvalue weighted by atomic mass is 79.9. The SMILES string of the molecule is Cc1ccc(C)c(NC(=O)Cn2ccc(=O)c3cc(Br)ccc32)c1. The number of amides is 1. The number of carbonyl (C=O) groups excluding carboxylic acids is 1. The van der Waals surface area contributed by atoms with Gasteiger partial charge in [-0.2, -0.15) is 0 Å². The maximum Gasteiger partial charge on any atom is 0.244 e. The van der Waals surface area contributed by atoms with E-state index in [4.69, 9.17) is 0 Å². The third kappa shape index (κ3) is 3.41. The second-order valence-corrected chi connectivity index (χ2v) is 6.75. The first kappa shape index (κ1) is 16.5. The number of hydrogen-bond acceptors (Lipinski definition) is 2. The molecule has 2 aromatic carbocycles. The van der Waals surface area contributed by atoms with Gasteiger partial charge in [0.05, 0.1) is 5.52 Å². The normalized spacial score (nSPS) is 10.8. The van der Waals surface area contributed by atoms with E-state index < -0.39 is 0 Å². The van der Waals surface area contributed by atoms with Gasteiger partial charge < -0.3 is 9.88 Å². The lowest BCUT2D eigenvalue weighted by Gasteiger charge is -2.13. The number of aryl methyl sites for hydroxylation is 2. The number of fused-ring (bicyclic) bond motifs is 1. The van der Waals surface area contributed by atoms with Gasteiger partial charge in [0.2, 0.25) is 5.91 Å². The zero-order valence-corrected chi connectivity index (χ0v) is 15.1. The van der Waals surface area contributed by atoms with Gasteiger partial charge in [0.15, 0.2) is 5.43 Å². The topological polar surface area (TPSA) is 51.1 Å². The van der Waals surface area contributed by atoms with Crippen molar-refractivity contribution in [3.63, 3.8) is 0 Å². The Hall–Kier alpha value is -2.40. The lowest BCUT2D eigenvalue weighted by Crippen LogP contribution is -2.20. The summed E-state index contributed by atoms with van der Waals surface area (Å²) >= 11 is 3.37. The molecule has 1 aromatic heterocycles. The molecule has 0 bridgehead atoms. The van der Waals surface area contributed by atoms with Crippen LogP contribution in [0.15, 0.2) is 57.9 Å². The maximum atomic E-state index is 12.4. The molecule has 1 heterocycles. The van der Waals surface area contributed by atoms with Gasteiger partial charge in [-0.05, 0) is 49.2 Å². The second kappa shape index (κ2) is 6.61. The van der Waals surface area contributed by atoms with E-state index in [0.717, 1.165) is 26.8 Å². The number of benzene rings is 2. The summed E-state index contributed by atoms with van der Waals surface area (Å²) in [5, 5.41) is 3.53. The van der Waals surface area contributed by atoms with E-state index in [1.807, 2.05) is 44.2 Å². The molecule has 3 rings (SSSR count). The summed E-state index contributed by atoms with van der Waals surface area (Å²) < 4.78 is 2.62. The Kier molecular flexibility index (Phi) is 4.53. The van der Waals surface area contributed by atoms with E-state index in [-0.39, 0.29) is 17.9 Å². The third-order valence-corrected chi connectivity index (χ3v) is 4.41. The van der Waals surface area contributed by atoms with Gasteiger partial charge in [-0.15, -0.1) is 0 Å². The summed E-state index contributed by atoms with van der Waals surface area (Å²) in [6.07, 6.45) is 1.65. The van der Waals surface area contributed by atoms with Gasteiger partial charge in [0.1, 0.15) is 6.54 Å². The van der Waals surface area contributed by atoms with Crippen molar-refractivity contribution < 1.29 is 4.79 Å². The van der Waals surface area contributed by atoms with Crippen LogP contribution < -0.4 is 10.7 Å². The number of anilines is 1. The van der Waals surface area contributed by atoms with Crippen LogP contribution in [0.5, 0.6) is 0 Å². The average molecular weight is 385 g/mol. The Bertz CT molecular complexity index is 992. The van der Waals surface area contributed by atoms with E-state index in [1.165, 1.54) is 6.07 Å². The molecule has 1 N–H and O–H groups in total. The maximum absolute atomic E-state index is 12.4. The quantitative estimate of drug-likeness (QED) is 0.741. The fraction of sp³-hybridized carbons (Fsp3) is 0.158. The molecule has 0 atom stereocenters. The molecule has 0 aliphatic rings. The van der Waals surface area contributed by atoms with Crippen LogP contribution in [0.2, 0.25) is 0 Å².